The largest absolute Gasteiger partial charge is 0.323 e. The van der Waals surface area contributed by atoms with Gasteiger partial charge in [-0.05, 0) is 32.0 Å². The van der Waals surface area contributed by atoms with E-state index in [1.807, 2.05) is 0 Å². The first-order chi connectivity index (χ1) is 9.30. The number of hydrogen-bond donors (Lipinski definition) is 2. The summed E-state index contributed by atoms with van der Waals surface area (Å²) in [4.78, 5) is 36.4. The Kier molecular flexibility index (Phi) is 3.44. The van der Waals surface area contributed by atoms with Gasteiger partial charge in [0.25, 0.3) is 5.91 Å². The number of urea groups is 1. The molecule has 1 aromatic rings. The molecule has 20 heavy (non-hydrogen) atoms. The lowest BCUT2D eigenvalue weighted by molar-refractivity contribution is -0.142. The van der Waals surface area contributed by atoms with E-state index in [1.165, 1.54) is 32.0 Å². The lowest BCUT2D eigenvalue weighted by atomic mass is 9.99. The van der Waals surface area contributed by atoms with E-state index in [4.69, 9.17) is 0 Å². The van der Waals surface area contributed by atoms with Crippen LogP contribution in [0.2, 0.25) is 0 Å². The third-order valence-electron chi connectivity index (χ3n) is 3.11. The fourth-order valence-electron chi connectivity index (χ4n) is 1.87. The zero-order valence-corrected chi connectivity index (χ0v) is 11.1. The molecule has 1 aromatic carbocycles. The van der Waals surface area contributed by atoms with E-state index in [1.54, 1.807) is 0 Å². The third-order valence-corrected chi connectivity index (χ3v) is 3.11. The molecule has 1 aliphatic heterocycles. The van der Waals surface area contributed by atoms with Gasteiger partial charge < -0.3 is 10.2 Å². The van der Waals surface area contributed by atoms with E-state index in [9.17, 15) is 18.8 Å². The Hall–Kier alpha value is -2.44. The smallest absolute Gasteiger partial charge is 0.308 e. The van der Waals surface area contributed by atoms with Crippen LogP contribution in [0.3, 0.4) is 0 Å². The highest BCUT2D eigenvalue weighted by Gasteiger charge is 2.43. The molecule has 1 fully saturated rings. The number of halogens is 1. The molecule has 2 N–H and O–H groups in total. The molecule has 1 heterocycles. The Morgan fingerprint density at radius 3 is 2.75 bits per heavy atom. The molecule has 0 radical (unpaired) electrons. The summed E-state index contributed by atoms with van der Waals surface area (Å²) in [5.41, 5.74) is -0.907. The van der Waals surface area contributed by atoms with Gasteiger partial charge in [0, 0.05) is 5.69 Å². The van der Waals surface area contributed by atoms with Crippen molar-refractivity contribution >= 4 is 23.5 Å². The summed E-state index contributed by atoms with van der Waals surface area (Å²) in [6.45, 7) is 2.82. The number of rotatable bonds is 1. The summed E-state index contributed by atoms with van der Waals surface area (Å²) in [6.07, 6.45) is 0. The molecular formula is C13H14FN3O3. The molecule has 0 saturated carbocycles. The molecule has 4 amide bonds. The minimum atomic E-state index is -1.16. The summed E-state index contributed by atoms with van der Waals surface area (Å²) in [7, 11) is 0. The van der Waals surface area contributed by atoms with Crippen LogP contribution in [-0.4, -0.2) is 34.8 Å². The molecule has 106 valence electrons. The fourth-order valence-corrected chi connectivity index (χ4v) is 1.87. The third kappa shape index (κ3) is 2.61. The van der Waals surface area contributed by atoms with Crippen molar-refractivity contribution in [3.63, 3.8) is 0 Å². The van der Waals surface area contributed by atoms with Crippen LogP contribution in [0.25, 0.3) is 0 Å². The molecule has 0 unspecified atom stereocenters. The Morgan fingerprint density at radius 2 is 2.10 bits per heavy atom. The summed E-state index contributed by atoms with van der Waals surface area (Å²) < 4.78 is 13.1. The standard InChI is InChI=1S/C13H14FN3O3/c1-13(2)11(19)16-10(18)7-17(13)12(20)15-9-5-3-4-8(14)6-9/h3-6H,7H2,1-2H3,(H,15,20)(H,16,18,19). The molecule has 0 atom stereocenters. The first-order valence-electron chi connectivity index (χ1n) is 5.99. The van der Waals surface area contributed by atoms with Crippen LogP contribution in [0.5, 0.6) is 0 Å². The van der Waals surface area contributed by atoms with E-state index in [0.717, 1.165) is 11.0 Å². The average molecular weight is 279 g/mol. The van der Waals surface area contributed by atoms with Crippen LogP contribution in [-0.2, 0) is 9.59 Å². The van der Waals surface area contributed by atoms with E-state index in [-0.39, 0.29) is 12.2 Å². The molecule has 2 rings (SSSR count). The van der Waals surface area contributed by atoms with Gasteiger partial charge in [0.15, 0.2) is 0 Å². The van der Waals surface area contributed by atoms with Crippen LogP contribution >= 0.6 is 0 Å². The second kappa shape index (κ2) is 4.92. The van der Waals surface area contributed by atoms with Gasteiger partial charge in [-0.1, -0.05) is 6.07 Å². The van der Waals surface area contributed by atoms with Crippen LogP contribution in [0.4, 0.5) is 14.9 Å². The van der Waals surface area contributed by atoms with Crippen LogP contribution < -0.4 is 10.6 Å². The topological polar surface area (TPSA) is 78.5 Å². The van der Waals surface area contributed by atoms with Gasteiger partial charge in [-0.3, -0.25) is 14.9 Å². The van der Waals surface area contributed by atoms with Crippen molar-refractivity contribution in [2.75, 3.05) is 11.9 Å². The van der Waals surface area contributed by atoms with Crippen molar-refractivity contribution in [3.05, 3.63) is 30.1 Å². The van der Waals surface area contributed by atoms with E-state index >= 15 is 0 Å². The molecule has 6 nitrogen and oxygen atoms in total. The maximum Gasteiger partial charge on any atom is 0.323 e. The van der Waals surface area contributed by atoms with Crippen molar-refractivity contribution in [1.29, 1.82) is 0 Å². The molecular weight excluding hydrogens is 265 g/mol. The number of nitrogens with one attached hydrogen (secondary N) is 2. The molecule has 0 aromatic heterocycles. The SMILES string of the molecule is CC1(C)C(=O)NC(=O)CN1C(=O)Nc1cccc(F)c1. The van der Waals surface area contributed by atoms with E-state index in [0.29, 0.717) is 0 Å². The maximum absolute atomic E-state index is 13.1. The second-order valence-electron chi connectivity index (χ2n) is 4.96. The van der Waals surface area contributed by atoms with E-state index in [2.05, 4.69) is 10.6 Å². The van der Waals surface area contributed by atoms with Crippen molar-refractivity contribution in [2.45, 2.75) is 19.4 Å². The number of hydrogen-bond acceptors (Lipinski definition) is 3. The number of benzene rings is 1. The number of carbonyl (C=O) groups excluding carboxylic acids is 3. The minimum absolute atomic E-state index is 0.236. The highest BCUT2D eigenvalue weighted by molar-refractivity contribution is 6.07. The molecule has 0 aliphatic carbocycles. The Bertz CT molecular complexity index is 586. The number of amides is 4. The highest BCUT2D eigenvalue weighted by atomic mass is 19.1. The van der Waals surface area contributed by atoms with Crippen molar-refractivity contribution in [1.82, 2.24) is 10.2 Å². The Morgan fingerprint density at radius 1 is 1.40 bits per heavy atom. The Balaban J connectivity index is 2.19. The number of carbonyl (C=O) groups is 3. The maximum atomic E-state index is 13.1. The lowest BCUT2D eigenvalue weighted by Crippen LogP contribution is -2.66. The minimum Gasteiger partial charge on any atom is -0.308 e. The van der Waals surface area contributed by atoms with Gasteiger partial charge >= 0.3 is 6.03 Å². The van der Waals surface area contributed by atoms with Crippen molar-refractivity contribution in [3.8, 4) is 0 Å². The van der Waals surface area contributed by atoms with Crippen LogP contribution in [0.15, 0.2) is 24.3 Å². The quantitative estimate of drug-likeness (QED) is 0.755. The summed E-state index contributed by atoms with van der Waals surface area (Å²) in [6, 6.07) is 4.72. The van der Waals surface area contributed by atoms with Crippen molar-refractivity contribution in [2.24, 2.45) is 0 Å². The van der Waals surface area contributed by atoms with Gasteiger partial charge in [-0.2, -0.15) is 0 Å². The predicted octanol–water partition coefficient (Wildman–Crippen LogP) is 1.09. The molecule has 1 aliphatic rings. The lowest BCUT2D eigenvalue weighted by Gasteiger charge is -2.39. The monoisotopic (exact) mass is 279 g/mol. The first kappa shape index (κ1) is 14.0. The van der Waals surface area contributed by atoms with Gasteiger partial charge in [0.1, 0.15) is 17.9 Å². The number of imide groups is 1. The number of anilines is 1. The number of piperazine rings is 1. The fraction of sp³-hybridized carbons (Fsp3) is 0.308. The zero-order chi connectivity index (χ0) is 14.9. The van der Waals surface area contributed by atoms with Gasteiger partial charge in [0.05, 0.1) is 0 Å². The second-order valence-corrected chi connectivity index (χ2v) is 4.96. The van der Waals surface area contributed by atoms with Gasteiger partial charge in [-0.25, -0.2) is 9.18 Å². The van der Waals surface area contributed by atoms with Crippen LogP contribution in [0, 0.1) is 5.82 Å². The normalized spacial score (nSPS) is 17.6. The molecule has 1 saturated heterocycles. The molecule has 0 bridgehead atoms. The van der Waals surface area contributed by atoms with Crippen molar-refractivity contribution < 1.29 is 18.8 Å². The van der Waals surface area contributed by atoms with Crippen LogP contribution in [0.1, 0.15) is 13.8 Å². The summed E-state index contributed by atoms with van der Waals surface area (Å²) >= 11 is 0. The molecule has 0 spiro atoms. The first-order valence-corrected chi connectivity index (χ1v) is 5.99. The highest BCUT2D eigenvalue weighted by Crippen LogP contribution is 2.20. The van der Waals surface area contributed by atoms with E-state index < -0.39 is 29.2 Å². The Labute approximate surface area is 114 Å². The summed E-state index contributed by atoms with van der Waals surface area (Å²) in [5.74, 6) is -1.60. The number of nitrogens with zero attached hydrogens (tertiary/aromatic N) is 1. The average Bonchev–Trinajstić information content (AvgIpc) is 2.34. The summed E-state index contributed by atoms with van der Waals surface area (Å²) in [5, 5.41) is 4.63. The zero-order valence-electron chi connectivity index (χ0n) is 11.1. The molecule has 7 heteroatoms. The van der Waals surface area contributed by atoms with Gasteiger partial charge in [0.2, 0.25) is 5.91 Å². The predicted molar refractivity (Wildman–Crippen MR) is 69.4 cm³/mol. The van der Waals surface area contributed by atoms with Gasteiger partial charge in [-0.15, -0.1) is 0 Å².